The van der Waals surface area contributed by atoms with E-state index in [0.29, 0.717) is 24.1 Å². The van der Waals surface area contributed by atoms with E-state index in [4.69, 9.17) is 10.3 Å². The molecule has 2 aromatic rings. The standard InChI is InChI=1S/C15H21N5O/c1-11-8-17-12(18-9-11)13-19-14(21-20-13)15(10-16)6-4-2-3-5-7-15/h8-9H,2-7,10,16H2,1H3. The maximum atomic E-state index is 6.05. The van der Waals surface area contributed by atoms with Crippen molar-refractivity contribution in [2.45, 2.75) is 50.9 Å². The number of hydrogen-bond acceptors (Lipinski definition) is 6. The first-order valence-electron chi connectivity index (χ1n) is 7.57. The van der Waals surface area contributed by atoms with Crippen molar-refractivity contribution in [1.29, 1.82) is 0 Å². The molecule has 6 nitrogen and oxygen atoms in total. The van der Waals surface area contributed by atoms with Gasteiger partial charge in [-0.15, -0.1) is 0 Å². The van der Waals surface area contributed by atoms with Crippen LogP contribution in [0.4, 0.5) is 0 Å². The fourth-order valence-corrected chi connectivity index (χ4v) is 2.95. The number of hydrogen-bond donors (Lipinski definition) is 1. The fraction of sp³-hybridized carbons (Fsp3) is 0.600. The minimum Gasteiger partial charge on any atom is -0.338 e. The third-order valence-electron chi connectivity index (χ3n) is 4.31. The number of aromatic nitrogens is 4. The van der Waals surface area contributed by atoms with Crippen LogP contribution < -0.4 is 5.73 Å². The first kappa shape index (κ1) is 14.1. The van der Waals surface area contributed by atoms with Gasteiger partial charge in [0, 0.05) is 18.9 Å². The molecule has 0 amide bonds. The lowest BCUT2D eigenvalue weighted by atomic mass is 9.80. The zero-order chi connectivity index (χ0) is 14.7. The smallest absolute Gasteiger partial charge is 0.240 e. The Labute approximate surface area is 124 Å². The first-order valence-corrected chi connectivity index (χ1v) is 7.57. The third kappa shape index (κ3) is 2.81. The van der Waals surface area contributed by atoms with Crippen LogP contribution in [0.25, 0.3) is 11.6 Å². The summed E-state index contributed by atoms with van der Waals surface area (Å²) in [5.41, 5.74) is 6.88. The number of aryl methyl sites for hydroxylation is 1. The van der Waals surface area contributed by atoms with Crippen LogP contribution in [-0.4, -0.2) is 26.7 Å². The van der Waals surface area contributed by atoms with Crippen molar-refractivity contribution in [3.05, 3.63) is 23.8 Å². The van der Waals surface area contributed by atoms with E-state index in [0.717, 1.165) is 31.2 Å². The van der Waals surface area contributed by atoms with Gasteiger partial charge in [0.15, 0.2) is 0 Å². The normalized spacial score (nSPS) is 18.4. The summed E-state index contributed by atoms with van der Waals surface area (Å²) in [5, 5.41) is 4.05. The van der Waals surface area contributed by atoms with Crippen molar-refractivity contribution >= 4 is 0 Å². The third-order valence-corrected chi connectivity index (χ3v) is 4.31. The van der Waals surface area contributed by atoms with E-state index in [9.17, 15) is 0 Å². The van der Waals surface area contributed by atoms with Gasteiger partial charge in [-0.05, 0) is 25.3 Å². The molecule has 2 N–H and O–H groups in total. The van der Waals surface area contributed by atoms with Crippen LogP contribution >= 0.6 is 0 Å². The van der Waals surface area contributed by atoms with Crippen molar-refractivity contribution in [3.63, 3.8) is 0 Å². The Hall–Kier alpha value is -1.82. The molecule has 1 aliphatic carbocycles. The molecule has 0 atom stereocenters. The van der Waals surface area contributed by atoms with Gasteiger partial charge in [-0.1, -0.05) is 30.8 Å². The average molecular weight is 287 g/mol. The van der Waals surface area contributed by atoms with Crippen LogP contribution in [0.15, 0.2) is 16.9 Å². The summed E-state index contributed by atoms with van der Waals surface area (Å²) < 4.78 is 5.52. The predicted octanol–water partition coefficient (Wildman–Crippen LogP) is 2.39. The van der Waals surface area contributed by atoms with Gasteiger partial charge in [0.25, 0.3) is 0 Å². The van der Waals surface area contributed by atoms with Crippen LogP contribution in [0, 0.1) is 6.92 Å². The van der Waals surface area contributed by atoms with E-state index in [1.165, 1.54) is 12.8 Å². The molecule has 6 heteroatoms. The van der Waals surface area contributed by atoms with Crippen LogP contribution in [0.2, 0.25) is 0 Å². The van der Waals surface area contributed by atoms with E-state index in [1.807, 2.05) is 6.92 Å². The summed E-state index contributed by atoms with van der Waals surface area (Å²) in [4.78, 5) is 13.0. The Morgan fingerprint density at radius 3 is 2.38 bits per heavy atom. The Morgan fingerprint density at radius 1 is 1.10 bits per heavy atom. The van der Waals surface area contributed by atoms with E-state index in [2.05, 4.69) is 20.1 Å². The number of rotatable bonds is 3. The fourth-order valence-electron chi connectivity index (χ4n) is 2.95. The SMILES string of the molecule is Cc1cnc(-c2noc(C3(CN)CCCCCC3)n2)nc1. The largest absolute Gasteiger partial charge is 0.338 e. The molecule has 0 radical (unpaired) electrons. The number of nitrogens with two attached hydrogens (primary N) is 1. The van der Waals surface area contributed by atoms with Crippen LogP contribution in [0.1, 0.15) is 50.0 Å². The summed E-state index contributed by atoms with van der Waals surface area (Å²) in [6.45, 7) is 2.49. The highest BCUT2D eigenvalue weighted by Gasteiger charge is 2.37. The van der Waals surface area contributed by atoms with Gasteiger partial charge in [-0.3, -0.25) is 0 Å². The van der Waals surface area contributed by atoms with E-state index in [-0.39, 0.29) is 5.41 Å². The molecular weight excluding hydrogens is 266 g/mol. The van der Waals surface area contributed by atoms with E-state index >= 15 is 0 Å². The molecule has 3 rings (SSSR count). The van der Waals surface area contributed by atoms with E-state index < -0.39 is 0 Å². The first-order chi connectivity index (χ1) is 10.2. The minimum absolute atomic E-state index is 0.174. The Bertz CT molecular complexity index is 584. The van der Waals surface area contributed by atoms with Gasteiger partial charge in [0.1, 0.15) is 0 Å². The summed E-state index contributed by atoms with van der Waals surface area (Å²) >= 11 is 0. The molecule has 1 aliphatic rings. The molecule has 2 heterocycles. The molecule has 1 saturated carbocycles. The zero-order valence-corrected chi connectivity index (χ0v) is 12.4. The average Bonchev–Trinajstić information content (AvgIpc) is 2.88. The van der Waals surface area contributed by atoms with Gasteiger partial charge >= 0.3 is 0 Å². The molecule has 1 fully saturated rings. The lowest BCUT2D eigenvalue weighted by Crippen LogP contribution is -2.35. The molecule has 0 aliphatic heterocycles. The highest BCUT2D eigenvalue weighted by atomic mass is 16.5. The predicted molar refractivity (Wildman–Crippen MR) is 78.5 cm³/mol. The van der Waals surface area contributed by atoms with Gasteiger partial charge in [0.05, 0.1) is 5.41 Å². The van der Waals surface area contributed by atoms with Crippen LogP contribution in [-0.2, 0) is 5.41 Å². The quantitative estimate of drug-likeness (QED) is 0.872. The van der Waals surface area contributed by atoms with Crippen molar-refractivity contribution in [2.24, 2.45) is 5.73 Å². The van der Waals surface area contributed by atoms with Crippen LogP contribution in [0.5, 0.6) is 0 Å². The second kappa shape index (κ2) is 5.89. The lowest BCUT2D eigenvalue weighted by Gasteiger charge is -2.26. The summed E-state index contributed by atoms with van der Waals surface area (Å²) in [6.07, 6.45) is 10.4. The molecule has 0 bridgehead atoms. The maximum absolute atomic E-state index is 6.05. The molecule has 0 spiro atoms. The highest BCUT2D eigenvalue weighted by molar-refractivity contribution is 5.41. The van der Waals surface area contributed by atoms with Crippen molar-refractivity contribution < 1.29 is 4.52 Å². The molecule has 2 aromatic heterocycles. The Morgan fingerprint density at radius 2 is 1.76 bits per heavy atom. The second-order valence-corrected chi connectivity index (χ2v) is 5.91. The minimum atomic E-state index is -0.174. The number of nitrogens with zero attached hydrogens (tertiary/aromatic N) is 4. The van der Waals surface area contributed by atoms with Gasteiger partial charge in [-0.2, -0.15) is 4.98 Å². The Balaban J connectivity index is 1.90. The van der Waals surface area contributed by atoms with Crippen molar-refractivity contribution in [1.82, 2.24) is 20.1 Å². The lowest BCUT2D eigenvalue weighted by molar-refractivity contribution is 0.257. The molecular formula is C15H21N5O. The summed E-state index contributed by atoms with van der Waals surface area (Å²) in [7, 11) is 0. The zero-order valence-electron chi connectivity index (χ0n) is 12.4. The molecule has 0 aromatic carbocycles. The summed E-state index contributed by atoms with van der Waals surface area (Å²) in [6, 6.07) is 0. The van der Waals surface area contributed by atoms with E-state index in [1.54, 1.807) is 12.4 Å². The van der Waals surface area contributed by atoms with Crippen LogP contribution in [0.3, 0.4) is 0 Å². The highest BCUT2D eigenvalue weighted by Crippen LogP contribution is 2.37. The van der Waals surface area contributed by atoms with Gasteiger partial charge < -0.3 is 10.3 Å². The molecule has 21 heavy (non-hydrogen) atoms. The van der Waals surface area contributed by atoms with Crippen molar-refractivity contribution in [2.75, 3.05) is 6.54 Å². The Kier molecular flexibility index (Phi) is 3.96. The molecule has 112 valence electrons. The topological polar surface area (TPSA) is 90.7 Å². The van der Waals surface area contributed by atoms with Gasteiger partial charge in [0.2, 0.25) is 17.5 Å². The maximum Gasteiger partial charge on any atom is 0.240 e. The van der Waals surface area contributed by atoms with Crippen molar-refractivity contribution in [3.8, 4) is 11.6 Å². The van der Waals surface area contributed by atoms with Gasteiger partial charge in [-0.25, -0.2) is 9.97 Å². The monoisotopic (exact) mass is 287 g/mol. The molecule has 0 unspecified atom stereocenters. The molecule has 0 saturated heterocycles. The summed E-state index contributed by atoms with van der Waals surface area (Å²) in [5.74, 6) is 1.59. The second-order valence-electron chi connectivity index (χ2n) is 5.91.